The molecular formula is C22H20N8O7S2. The van der Waals surface area contributed by atoms with E-state index in [4.69, 9.17) is 5.73 Å². The molecule has 0 bridgehead atoms. The Kier molecular flexibility index (Phi) is 7.16. The number of fused-ring (bicyclic) bond motifs is 2. The molecule has 17 heteroatoms. The molecule has 202 valence electrons. The lowest BCUT2D eigenvalue weighted by Gasteiger charge is -2.50. The van der Waals surface area contributed by atoms with Crippen molar-refractivity contribution in [2.45, 2.75) is 24.9 Å². The van der Waals surface area contributed by atoms with Crippen LogP contribution in [0.2, 0.25) is 0 Å². The molecule has 3 amide bonds. The summed E-state index contributed by atoms with van der Waals surface area (Å²) in [4.78, 5) is 60.4. The Morgan fingerprint density at radius 3 is 2.92 bits per heavy atom. The Balaban J connectivity index is 1.36. The number of carbonyl (C=O) groups excluding carboxylic acids is 4. The number of anilines is 1. The smallest absolute Gasteiger partial charge is 0.433 e. The number of aromatic nitrogens is 3. The number of carbonyl (C=O) groups is 4. The van der Waals surface area contributed by atoms with Gasteiger partial charge in [0.15, 0.2) is 12.7 Å². The van der Waals surface area contributed by atoms with Gasteiger partial charge in [-0.3, -0.25) is 19.3 Å². The third-order valence-electron chi connectivity index (χ3n) is 5.77. The molecule has 2 atom stereocenters. The fraction of sp³-hybridized carbons (Fsp3) is 0.273. The maximum atomic E-state index is 13.1. The first-order chi connectivity index (χ1) is 18.8. The molecule has 5 heterocycles. The zero-order valence-corrected chi connectivity index (χ0v) is 21.8. The molecule has 0 aromatic carbocycles. The van der Waals surface area contributed by atoms with E-state index in [9.17, 15) is 24.3 Å². The number of hydrogen-bond donors (Lipinski definition) is 3. The van der Waals surface area contributed by atoms with E-state index in [1.54, 1.807) is 6.92 Å². The van der Waals surface area contributed by atoms with Crippen LogP contribution in [-0.2, 0) is 25.8 Å². The number of β-lactam (4-membered cyclic amide) rings is 1. The summed E-state index contributed by atoms with van der Waals surface area (Å²) in [6.45, 7) is 2.14. The molecule has 1 saturated heterocycles. The minimum Gasteiger partial charge on any atom is -0.543 e. The predicted molar refractivity (Wildman–Crippen MR) is 134 cm³/mol. The minimum absolute atomic E-state index is 0.227. The number of nitrogens with zero attached hydrogens (tertiary/aromatic N) is 5. The molecule has 5 rings (SSSR count). The fourth-order valence-corrected chi connectivity index (χ4v) is 6.31. The van der Waals surface area contributed by atoms with Gasteiger partial charge in [0.2, 0.25) is 11.5 Å². The molecule has 2 aliphatic rings. The highest BCUT2D eigenvalue weighted by Crippen LogP contribution is 2.40. The van der Waals surface area contributed by atoms with Crippen LogP contribution < -0.4 is 26.0 Å². The van der Waals surface area contributed by atoms with E-state index in [0.717, 1.165) is 15.1 Å². The molecule has 3 aromatic rings. The van der Waals surface area contributed by atoms with Crippen LogP contribution in [0.3, 0.4) is 0 Å². The Labute approximate surface area is 227 Å². The zero-order chi connectivity index (χ0) is 27.7. The van der Waals surface area contributed by atoms with Gasteiger partial charge in [0.1, 0.15) is 11.4 Å². The highest BCUT2D eigenvalue weighted by Gasteiger charge is 2.53. The quantitative estimate of drug-likeness (QED) is 0.0950. The summed E-state index contributed by atoms with van der Waals surface area (Å²) < 4.78 is 6.58. The number of rotatable bonds is 8. The van der Waals surface area contributed by atoms with Crippen molar-refractivity contribution < 1.29 is 38.2 Å². The normalized spacial score (nSPS) is 18.9. The van der Waals surface area contributed by atoms with Crippen molar-refractivity contribution in [3.63, 3.8) is 0 Å². The summed E-state index contributed by atoms with van der Waals surface area (Å²) >= 11 is 2.80. The second kappa shape index (κ2) is 10.7. The molecule has 2 aliphatic heterocycles. The van der Waals surface area contributed by atoms with Gasteiger partial charge < -0.3 is 30.8 Å². The summed E-state index contributed by atoms with van der Waals surface area (Å²) in [6, 6.07) is 4.30. The summed E-state index contributed by atoms with van der Waals surface area (Å²) in [5.74, 6) is -3.22. The monoisotopic (exact) mass is 572 g/mol. The van der Waals surface area contributed by atoms with E-state index in [-0.39, 0.29) is 36.4 Å². The molecule has 0 radical (unpaired) electrons. The molecule has 0 aliphatic carbocycles. The second-order valence-corrected chi connectivity index (χ2v) is 10.2. The lowest BCUT2D eigenvalue weighted by Crippen LogP contribution is -2.71. The molecule has 0 saturated carbocycles. The van der Waals surface area contributed by atoms with Gasteiger partial charge in [0.25, 0.3) is 16.6 Å². The molecule has 1 unspecified atom stereocenters. The largest absolute Gasteiger partial charge is 0.543 e. The van der Waals surface area contributed by atoms with E-state index >= 15 is 0 Å². The maximum Gasteiger partial charge on any atom is 0.433 e. The number of carboxylic acid groups (broad SMARTS) is 1. The van der Waals surface area contributed by atoms with Gasteiger partial charge in [-0.15, -0.1) is 11.8 Å². The predicted octanol–water partition coefficient (Wildman–Crippen LogP) is -1.29. The maximum absolute atomic E-state index is 13.1. The fourth-order valence-electron chi connectivity index (χ4n) is 4.10. The van der Waals surface area contributed by atoms with Crippen LogP contribution in [0.1, 0.15) is 12.7 Å². The van der Waals surface area contributed by atoms with Crippen LogP contribution in [0.25, 0.3) is 10.2 Å². The van der Waals surface area contributed by atoms with Crippen molar-refractivity contribution >= 4 is 68.9 Å². The van der Waals surface area contributed by atoms with E-state index in [1.807, 2.05) is 34.3 Å². The first-order valence-electron chi connectivity index (χ1n) is 11.5. The van der Waals surface area contributed by atoms with Crippen molar-refractivity contribution in [3.8, 4) is 0 Å². The van der Waals surface area contributed by atoms with Crippen molar-refractivity contribution in [1.29, 1.82) is 0 Å². The van der Waals surface area contributed by atoms with Crippen molar-refractivity contribution in [3.05, 3.63) is 46.9 Å². The van der Waals surface area contributed by atoms with Gasteiger partial charge in [0, 0.05) is 23.9 Å². The highest BCUT2D eigenvalue weighted by molar-refractivity contribution is 8.00. The van der Waals surface area contributed by atoms with Crippen LogP contribution in [0.4, 0.5) is 10.8 Å². The lowest BCUT2D eigenvalue weighted by atomic mass is 10.0. The highest BCUT2D eigenvalue weighted by atomic mass is 32.2. The van der Waals surface area contributed by atoms with E-state index in [1.165, 1.54) is 23.1 Å². The third-order valence-corrected chi connectivity index (χ3v) is 8.08. The Hall–Kier alpha value is -4.51. The van der Waals surface area contributed by atoms with Crippen LogP contribution >= 0.6 is 23.1 Å². The number of carboxylic acids is 1. The van der Waals surface area contributed by atoms with Gasteiger partial charge >= 0.3 is 12.1 Å². The first kappa shape index (κ1) is 26.1. The summed E-state index contributed by atoms with van der Waals surface area (Å²) in [5, 5.41) is 26.2. The number of pyridine rings is 1. The molecule has 15 nitrogen and oxygen atoms in total. The van der Waals surface area contributed by atoms with Gasteiger partial charge in [-0.25, -0.2) is 4.79 Å². The summed E-state index contributed by atoms with van der Waals surface area (Å²) in [6.07, 6.45) is 0.894. The van der Waals surface area contributed by atoms with E-state index < -0.39 is 41.0 Å². The van der Waals surface area contributed by atoms with Crippen LogP contribution in [0.5, 0.6) is 0 Å². The van der Waals surface area contributed by atoms with E-state index in [0.29, 0.717) is 5.57 Å². The van der Waals surface area contributed by atoms with Crippen LogP contribution in [0.15, 0.2) is 50.7 Å². The number of oxime groups is 1. The number of nitrogens with one attached hydrogen (secondary N) is 2. The van der Waals surface area contributed by atoms with Crippen molar-refractivity contribution in [2.75, 3.05) is 18.0 Å². The van der Waals surface area contributed by atoms with Gasteiger partial charge in [-0.1, -0.05) is 21.6 Å². The third kappa shape index (κ3) is 5.00. The number of hydrogen-bond acceptors (Lipinski definition) is 13. The average molecular weight is 573 g/mol. The number of thiophene rings is 1. The zero-order valence-electron chi connectivity index (χ0n) is 20.2. The van der Waals surface area contributed by atoms with Gasteiger partial charge in [0.05, 0.1) is 17.1 Å². The second-order valence-electron chi connectivity index (χ2n) is 8.22. The van der Waals surface area contributed by atoms with Crippen molar-refractivity contribution in [2.24, 2.45) is 5.16 Å². The molecule has 4 N–H and O–H groups in total. The number of nitrogens with two attached hydrogens (primary N) is 1. The molecule has 1 fully saturated rings. The number of thioether (sulfide) groups is 1. The number of aliphatic carboxylic acids is 1. The lowest BCUT2D eigenvalue weighted by molar-refractivity contribution is -0.661. The van der Waals surface area contributed by atoms with Crippen LogP contribution in [-0.4, -0.2) is 68.3 Å². The topological polar surface area (TPSA) is 209 Å². The standard InChI is InChI=1S/C22H20N8O7S2/c1-2-24-22(35)37-27-12(15-26-21(23)36-28-15)16(31)25-13-17(32)30-14(20(33)34)11(9-39-19(13)30)8-29-6-3-4-10-5-7-38-18(10)29/h3-7,13,19H,2,8-9H2,1H3,(H4-,23,24,25,26,28,31,33,34,35)/b27-12-/t13?,19-/m1/s1. The molecule has 3 aromatic heterocycles. The SMILES string of the molecule is CCNC(=O)O/N=C(\C(=O)NC1C(=O)N2C(C(=O)[O-])=C(C[n+]3cccc4ccsc43)CS[C@H]12)c1noc(N)n1. The Bertz CT molecular complexity index is 1550. The Morgan fingerprint density at radius 1 is 1.38 bits per heavy atom. The number of nitrogen functional groups attached to an aromatic ring is 1. The van der Waals surface area contributed by atoms with Crippen LogP contribution in [0, 0.1) is 0 Å². The molecular weight excluding hydrogens is 552 g/mol. The average Bonchev–Trinajstić information content (AvgIpc) is 3.56. The van der Waals surface area contributed by atoms with Gasteiger partial charge in [-0.2, -0.15) is 9.55 Å². The van der Waals surface area contributed by atoms with Gasteiger partial charge in [-0.05, 0) is 24.4 Å². The van der Waals surface area contributed by atoms with E-state index in [2.05, 4.69) is 35.3 Å². The summed E-state index contributed by atoms with van der Waals surface area (Å²) in [5.41, 5.74) is 5.12. The Morgan fingerprint density at radius 2 is 2.21 bits per heavy atom. The van der Waals surface area contributed by atoms with Crippen molar-refractivity contribution in [1.82, 2.24) is 25.7 Å². The summed E-state index contributed by atoms with van der Waals surface area (Å²) in [7, 11) is 0. The minimum atomic E-state index is -1.49. The molecule has 39 heavy (non-hydrogen) atoms. The molecule has 0 spiro atoms. The first-order valence-corrected chi connectivity index (χ1v) is 13.4. The number of amides is 3.